The molecular weight excluding hydrogens is 252 g/mol. The third kappa shape index (κ3) is 3.18. The first-order valence-corrected chi connectivity index (χ1v) is 6.48. The van der Waals surface area contributed by atoms with Crippen LogP contribution in [-0.4, -0.2) is 11.1 Å². The largest absolute Gasteiger partial charge is 0.508 e. The SMILES string of the molecule is CC(C)(C)c1cc(O)ccc1OC(=O)c1ccccc1. The minimum atomic E-state index is -0.401. The molecule has 2 aromatic carbocycles. The highest BCUT2D eigenvalue weighted by Gasteiger charge is 2.21. The molecule has 3 heteroatoms. The molecule has 0 saturated heterocycles. The molecule has 0 spiro atoms. The molecule has 0 heterocycles. The van der Waals surface area contributed by atoms with Crippen LogP contribution in [0, 0.1) is 0 Å². The van der Waals surface area contributed by atoms with Crippen LogP contribution in [0.3, 0.4) is 0 Å². The fourth-order valence-electron chi connectivity index (χ4n) is 1.93. The van der Waals surface area contributed by atoms with Gasteiger partial charge in [-0.05, 0) is 35.7 Å². The summed E-state index contributed by atoms with van der Waals surface area (Å²) in [7, 11) is 0. The van der Waals surface area contributed by atoms with Gasteiger partial charge in [0.1, 0.15) is 11.5 Å². The first-order chi connectivity index (χ1) is 9.38. The van der Waals surface area contributed by atoms with Gasteiger partial charge < -0.3 is 9.84 Å². The van der Waals surface area contributed by atoms with E-state index in [0.29, 0.717) is 11.3 Å². The molecule has 0 aliphatic rings. The van der Waals surface area contributed by atoms with Crippen LogP contribution in [0.2, 0.25) is 0 Å². The Labute approximate surface area is 118 Å². The lowest BCUT2D eigenvalue weighted by Crippen LogP contribution is -2.16. The predicted octanol–water partition coefficient (Wildman–Crippen LogP) is 3.91. The highest BCUT2D eigenvalue weighted by atomic mass is 16.5. The third-order valence-electron chi connectivity index (χ3n) is 2.98. The van der Waals surface area contributed by atoms with Crippen LogP contribution in [0.15, 0.2) is 48.5 Å². The van der Waals surface area contributed by atoms with E-state index in [4.69, 9.17) is 4.74 Å². The summed E-state index contributed by atoms with van der Waals surface area (Å²) in [6, 6.07) is 13.6. The van der Waals surface area contributed by atoms with E-state index in [-0.39, 0.29) is 11.2 Å². The number of esters is 1. The summed E-state index contributed by atoms with van der Waals surface area (Å²) in [5.41, 5.74) is 1.06. The van der Waals surface area contributed by atoms with E-state index >= 15 is 0 Å². The van der Waals surface area contributed by atoms with Gasteiger partial charge in [-0.15, -0.1) is 0 Å². The maximum atomic E-state index is 12.1. The number of benzene rings is 2. The van der Waals surface area contributed by atoms with E-state index in [1.807, 2.05) is 26.8 Å². The molecule has 0 amide bonds. The summed E-state index contributed by atoms with van der Waals surface area (Å²) in [5.74, 6) is 0.236. The molecule has 104 valence electrons. The Bertz CT molecular complexity index is 610. The molecule has 0 aliphatic carbocycles. The molecule has 0 saturated carbocycles. The van der Waals surface area contributed by atoms with Gasteiger partial charge in [-0.25, -0.2) is 4.79 Å². The lowest BCUT2D eigenvalue weighted by Gasteiger charge is -2.22. The number of hydrogen-bond acceptors (Lipinski definition) is 3. The molecule has 20 heavy (non-hydrogen) atoms. The predicted molar refractivity (Wildman–Crippen MR) is 78.2 cm³/mol. The molecule has 0 fully saturated rings. The molecular formula is C17H18O3. The fourth-order valence-corrected chi connectivity index (χ4v) is 1.93. The van der Waals surface area contributed by atoms with Crippen LogP contribution >= 0.6 is 0 Å². The van der Waals surface area contributed by atoms with Crippen LogP contribution < -0.4 is 4.74 Å². The van der Waals surface area contributed by atoms with Crippen molar-refractivity contribution in [3.63, 3.8) is 0 Å². The standard InChI is InChI=1S/C17H18O3/c1-17(2,3)14-11-13(18)9-10-15(14)20-16(19)12-7-5-4-6-8-12/h4-11,18H,1-3H3. The second kappa shape index (κ2) is 5.37. The average molecular weight is 270 g/mol. The summed E-state index contributed by atoms with van der Waals surface area (Å²) < 4.78 is 5.46. The number of rotatable bonds is 2. The van der Waals surface area contributed by atoms with Gasteiger partial charge in [0, 0.05) is 5.56 Å². The topological polar surface area (TPSA) is 46.5 Å². The Balaban J connectivity index is 2.33. The second-order valence-electron chi connectivity index (χ2n) is 5.69. The quantitative estimate of drug-likeness (QED) is 0.664. The summed E-state index contributed by atoms with van der Waals surface area (Å²) >= 11 is 0. The first kappa shape index (κ1) is 14.1. The van der Waals surface area contributed by atoms with Crippen molar-refractivity contribution >= 4 is 5.97 Å². The van der Waals surface area contributed by atoms with Crippen molar-refractivity contribution in [1.82, 2.24) is 0 Å². The van der Waals surface area contributed by atoms with Crippen molar-refractivity contribution in [2.24, 2.45) is 0 Å². The van der Waals surface area contributed by atoms with Gasteiger partial charge >= 0.3 is 5.97 Å². The number of ether oxygens (including phenoxy) is 1. The average Bonchev–Trinajstić information content (AvgIpc) is 2.40. The van der Waals surface area contributed by atoms with Crippen molar-refractivity contribution in [3.8, 4) is 11.5 Å². The maximum absolute atomic E-state index is 12.1. The summed E-state index contributed by atoms with van der Waals surface area (Å²) in [5, 5.41) is 9.61. The Kier molecular flexibility index (Phi) is 3.79. The minimum Gasteiger partial charge on any atom is -0.508 e. The van der Waals surface area contributed by atoms with Crippen molar-refractivity contribution in [1.29, 1.82) is 0 Å². The van der Waals surface area contributed by atoms with Crippen molar-refractivity contribution in [2.75, 3.05) is 0 Å². The lowest BCUT2D eigenvalue weighted by atomic mass is 9.86. The van der Waals surface area contributed by atoms with Crippen molar-refractivity contribution in [3.05, 3.63) is 59.7 Å². The number of phenolic OH excluding ortho intramolecular Hbond substituents is 1. The number of hydrogen-bond donors (Lipinski definition) is 1. The number of carbonyl (C=O) groups is 1. The normalized spacial score (nSPS) is 11.2. The van der Waals surface area contributed by atoms with E-state index in [9.17, 15) is 9.90 Å². The van der Waals surface area contributed by atoms with Crippen molar-refractivity contribution < 1.29 is 14.6 Å². The van der Waals surface area contributed by atoms with E-state index in [1.54, 1.807) is 36.4 Å². The molecule has 2 aromatic rings. The Morgan fingerprint density at radius 3 is 2.30 bits per heavy atom. The smallest absolute Gasteiger partial charge is 0.343 e. The van der Waals surface area contributed by atoms with E-state index in [2.05, 4.69) is 0 Å². The van der Waals surface area contributed by atoms with Crippen LogP contribution in [-0.2, 0) is 5.41 Å². The second-order valence-corrected chi connectivity index (χ2v) is 5.69. The molecule has 0 bridgehead atoms. The zero-order valence-electron chi connectivity index (χ0n) is 11.9. The monoisotopic (exact) mass is 270 g/mol. The minimum absolute atomic E-state index is 0.162. The number of carbonyl (C=O) groups excluding carboxylic acids is 1. The molecule has 2 rings (SSSR count). The summed E-state index contributed by atoms with van der Waals surface area (Å²) in [6.07, 6.45) is 0. The molecule has 1 N–H and O–H groups in total. The van der Waals surface area contributed by atoms with Crippen LogP contribution in [0.4, 0.5) is 0 Å². The van der Waals surface area contributed by atoms with Crippen LogP contribution in [0.1, 0.15) is 36.7 Å². The zero-order chi connectivity index (χ0) is 14.8. The number of aromatic hydroxyl groups is 1. The lowest BCUT2D eigenvalue weighted by molar-refractivity contribution is 0.0731. The summed E-state index contributed by atoms with van der Waals surface area (Å²) in [4.78, 5) is 12.1. The third-order valence-corrected chi connectivity index (χ3v) is 2.98. The fraction of sp³-hybridized carbons (Fsp3) is 0.235. The molecule has 0 aliphatic heterocycles. The highest BCUT2D eigenvalue weighted by molar-refractivity contribution is 5.91. The first-order valence-electron chi connectivity index (χ1n) is 6.48. The van der Waals surface area contributed by atoms with E-state index in [0.717, 1.165) is 5.56 Å². The van der Waals surface area contributed by atoms with Gasteiger partial charge in [0.15, 0.2) is 0 Å². The van der Waals surface area contributed by atoms with Crippen molar-refractivity contribution in [2.45, 2.75) is 26.2 Å². The molecule has 0 aromatic heterocycles. The van der Waals surface area contributed by atoms with E-state index < -0.39 is 5.97 Å². The molecule has 0 atom stereocenters. The van der Waals surface area contributed by atoms with Gasteiger partial charge in [-0.1, -0.05) is 39.0 Å². The maximum Gasteiger partial charge on any atom is 0.343 e. The molecule has 0 unspecified atom stereocenters. The van der Waals surface area contributed by atoms with Gasteiger partial charge in [0.05, 0.1) is 5.56 Å². The van der Waals surface area contributed by atoms with Crippen LogP contribution in [0.5, 0.6) is 11.5 Å². The van der Waals surface area contributed by atoms with Gasteiger partial charge in [-0.3, -0.25) is 0 Å². The number of phenols is 1. The Hall–Kier alpha value is -2.29. The summed E-state index contributed by atoms with van der Waals surface area (Å²) in [6.45, 7) is 6.00. The Morgan fingerprint density at radius 1 is 1.05 bits per heavy atom. The molecule has 3 nitrogen and oxygen atoms in total. The van der Waals surface area contributed by atoms with Gasteiger partial charge in [-0.2, -0.15) is 0 Å². The molecule has 0 radical (unpaired) electrons. The Morgan fingerprint density at radius 2 is 1.70 bits per heavy atom. The van der Waals surface area contributed by atoms with Gasteiger partial charge in [0.2, 0.25) is 0 Å². The highest BCUT2D eigenvalue weighted by Crippen LogP contribution is 2.34. The van der Waals surface area contributed by atoms with Gasteiger partial charge in [0.25, 0.3) is 0 Å². The van der Waals surface area contributed by atoms with Crippen LogP contribution in [0.25, 0.3) is 0 Å². The zero-order valence-corrected chi connectivity index (χ0v) is 11.9. The van der Waals surface area contributed by atoms with E-state index in [1.165, 1.54) is 6.07 Å².